The summed E-state index contributed by atoms with van der Waals surface area (Å²) in [5.74, 6) is -0.545. The zero-order valence-electron chi connectivity index (χ0n) is 9.64. The minimum atomic E-state index is -1.17. The summed E-state index contributed by atoms with van der Waals surface area (Å²) in [5, 5.41) is 28.5. The summed E-state index contributed by atoms with van der Waals surface area (Å²) in [4.78, 5) is 12.5. The number of nitrogens with zero attached hydrogens (tertiary/aromatic N) is 1. The number of aliphatic hydroxyl groups excluding tert-OH is 3. The SMILES string of the molecule is NC(=O)C1=CN([C@@H]2OC(CO)[C@@H](O)[C@H]2O)C=CC1. The summed E-state index contributed by atoms with van der Waals surface area (Å²) in [6, 6.07) is 0. The molecule has 100 valence electrons. The summed E-state index contributed by atoms with van der Waals surface area (Å²) < 4.78 is 5.33. The van der Waals surface area contributed by atoms with Gasteiger partial charge in [0.2, 0.25) is 5.91 Å². The molecule has 2 rings (SSSR count). The largest absolute Gasteiger partial charge is 0.394 e. The van der Waals surface area contributed by atoms with Crippen molar-refractivity contribution in [1.29, 1.82) is 0 Å². The quantitative estimate of drug-likeness (QED) is 0.465. The molecule has 0 radical (unpaired) electrons. The van der Waals surface area contributed by atoms with Crippen LogP contribution in [0, 0.1) is 0 Å². The molecule has 2 aliphatic heterocycles. The summed E-state index contributed by atoms with van der Waals surface area (Å²) in [6.07, 6.45) is 1.20. The summed E-state index contributed by atoms with van der Waals surface area (Å²) >= 11 is 0. The fourth-order valence-electron chi connectivity index (χ4n) is 2.03. The minimum Gasteiger partial charge on any atom is -0.394 e. The minimum absolute atomic E-state index is 0.384. The van der Waals surface area contributed by atoms with Gasteiger partial charge >= 0.3 is 0 Å². The van der Waals surface area contributed by atoms with Gasteiger partial charge in [-0.25, -0.2) is 0 Å². The van der Waals surface area contributed by atoms with Crippen molar-refractivity contribution in [1.82, 2.24) is 4.90 Å². The molecule has 0 aromatic rings. The highest BCUT2D eigenvalue weighted by molar-refractivity contribution is 5.92. The maximum absolute atomic E-state index is 11.1. The second-order valence-corrected chi connectivity index (χ2v) is 4.28. The second kappa shape index (κ2) is 5.07. The van der Waals surface area contributed by atoms with E-state index < -0.39 is 37.1 Å². The molecule has 1 unspecified atom stereocenters. The van der Waals surface area contributed by atoms with E-state index in [2.05, 4.69) is 0 Å². The van der Waals surface area contributed by atoms with Crippen LogP contribution in [0.4, 0.5) is 0 Å². The maximum Gasteiger partial charge on any atom is 0.246 e. The van der Waals surface area contributed by atoms with E-state index in [1.165, 1.54) is 11.1 Å². The van der Waals surface area contributed by atoms with Crippen LogP contribution in [0.1, 0.15) is 6.42 Å². The van der Waals surface area contributed by atoms with Gasteiger partial charge < -0.3 is 30.7 Å². The van der Waals surface area contributed by atoms with Crippen molar-refractivity contribution in [3.63, 3.8) is 0 Å². The highest BCUT2D eigenvalue weighted by Crippen LogP contribution is 2.26. The first-order valence-corrected chi connectivity index (χ1v) is 5.61. The molecule has 1 amide bonds. The third kappa shape index (κ3) is 2.25. The fourth-order valence-corrected chi connectivity index (χ4v) is 2.03. The first-order valence-electron chi connectivity index (χ1n) is 5.61. The fraction of sp³-hybridized carbons (Fsp3) is 0.545. The molecule has 1 saturated heterocycles. The van der Waals surface area contributed by atoms with Crippen molar-refractivity contribution in [2.24, 2.45) is 5.73 Å². The Labute approximate surface area is 104 Å². The lowest BCUT2D eigenvalue weighted by atomic mass is 10.1. The van der Waals surface area contributed by atoms with Gasteiger partial charge in [-0.3, -0.25) is 4.79 Å². The number of rotatable bonds is 3. The van der Waals surface area contributed by atoms with Crippen LogP contribution in [0.2, 0.25) is 0 Å². The molecule has 2 heterocycles. The van der Waals surface area contributed by atoms with E-state index in [1.807, 2.05) is 0 Å². The Hall–Kier alpha value is -1.41. The third-order valence-corrected chi connectivity index (χ3v) is 3.05. The van der Waals surface area contributed by atoms with Gasteiger partial charge in [-0.15, -0.1) is 0 Å². The van der Waals surface area contributed by atoms with Crippen LogP contribution in [-0.2, 0) is 9.53 Å². The summed E-state index contributed by atoms with van der Waals surface area (Å²) in [7, 11) is 0. The molecule has 18 heavy (non-hydrogen) atoms. The normalized spacial score (nSPS) is 35.7. The molecule has 7 nitrogen and oxygen atoms in total. The van der Waals surface area contributed by atoms with E-state index in [4.69, 9.17) is 15.6 Å². The molecular formula is C11H16N2O5. The van der Waals surface area contributed by atoms with Crippen molar-refractivity contribution < 1.29 is 24.9 Å². The molecule has 0 aromatic heterocycles. The average molecular weight is 256 g/mol. The van der Waals surface area contributed by atoms with Gasteiger partial charge in [0.1, 0.15) is 18.3 Å². The molecule has 7 heteroatoms. The predicted octanol–water partition coefficient (Wildman–Crippen LogP) is -1.99. The van der Waals surface area contributed by atoms with Gasteiger partial charge in [0.05, 0.1) is 6.61 Å². The number of hydrogen-bond acceptors (Lipinski definition) is 6. The van der Waals surface area contributed by atoms with Gasteiger partial charge in [0.25, 0.3) is 0 Å². The van der Waals surface area contributed by atoms with E-state index in [0.717, 1.165) is 0 Å². The number of nitrogens with two attached hydrogens (primary N) is 1. The number of ether oxygens (including phenoxy) is 1. The van der Waals surface area contributed by atoms with Crippen LogP contribution in [0.5, 0.6) is 0 Å². The number of primary amides is 1. The smallest absolute Gasteiger partial charge is 0.246 e. The number of aliphatic hydroxyl groups is 3. The van der Waals surface area contributed by atoms with Gasteiger partial charge in [-0.1, -0.05) is 6.08 Å². The molecule has 5 N–H and O–H groups in total. The van der Waals surface area contributed by atoms with Crippen LogP contribution in [0.15, 0.2) is 24.0 Å². The van der Waals surface area contributed by atoms with Crippen LogP contribution < -0.4 is 5.73 Å². The van der Waals surface area contributed by atoms with E-state index in [9.17, 15) is 15.0 Å². The Bertz CT molecular complexity index is 395. The van der Waals surface area contributed by atoms with Crippen molar-refractivity contribution in [3.8, 4) is 0 Å². The topological polar surface area (TPSA) is 116 Å². The number of carbonyl (C=O) groups excluding carboxylic acids is 1. The first kappa shape index (κ1) is 13.0. The van der Waals surface area contributed by atoms with Crippen molar-refractivity contribution in [3.05, 3.63) is 24.0 Å². The molecule has 0 aromatic carbocycles. The molecule has 0 aliphatic carbocycles. The van der Waals surface area contributed by atoms with Gasteiger partial charge in [0, 0.05) is 18.0 Å². The Morgan fingerprint density at radius 2 is 2.22 bits per heavy atom. The maximum atomic E-state index is 11.1. The highest BCUT2D eigenvalue weighted by Gasteiger charge is 2.44. The second-order valence-electron chi connectivity index (χ2n) is 4.28. The number of allylic oxidation sites excluding steroid dienone is 1. The zero-order chi connectivity index (χ0) is 13.3. The summed E-state index contributed by atoms with van der Waals surface area (Å²) in [6.45, 7) is -0.390. The summed E-state index contributed by atoms with van der Waals surface area (Å²) in [5.41, 5.74) is 5.57. The van der Waals surface area contributed by atoms with Gasteiger partial charge in [-0.05, 0) is 6.42 Å². The first-order chi connectivity index (χ1) is 8.54. The van der Waals surface area contributed by atoms with Gasteiger partial charge in [-0.2, -0.15) is 0 Å². The number of hydrogen-bond donors (Lipinski definition) is 4. The lowest BCUT2D eigenvalue weighted by molar-refractivity contribution is -0.114. The van der Waals surface area contributed by atoms with E-state index in [-0.39, 0.29) is 0 Å². The molecule has 0 spiro atoms. The predicted molar refractivity (Wildman–Crippen MR) is 60.6 cm³/mol. The van der Waals surface area contributed by atoms with E-state index >= 15 is 0 Å². The molecule has 1 fully saturated rings. The van der Waals surface area contributed by atoms with Crippen LogP contribution >= 0.6 is 0 Å². The molecular weight excluding hydrogens is 240 g/mol. The zero-order valence-corrected chi connectivity index (χ0v) is 9.64. The Kier molecular flexibility index (Phi) is 3.67. The van der Waals surface area contributed by atoms with E-state index in [0.29, 0.717) is 12.0 Å². The van der Waals surface area contributed by atoms with Crippen molar-refractivity contribution >= 4 is 5.91 Å². The van der Waals surface area contributed by atoms with Crippen molar-refractivity contribution in [2.75, 3.05) is 6.61 Å². The number of amides is 1. The number of carbonyl (C=O) groups is 1. The standard InChI is InChI=1S/C11H16N2O5/c12-10(17)6-2-1-3-13(4-6)11-9(16)8(15)7(5-14)18-11/h1,3-4,7-9,11,14-16H,2,5H2,(H2,12,17)/t7?,8-,9-,11-/m1/s1. The lowest BCUT2D eigenvalue weighted by Crippen LogP contribution is -2.40. The average Bonchev–Trinajstić information content (AvgIpc) is 2.66. The molecule has 2 aliphatic rings. The Balaban J connectivity index is 2.15. The molecule has 0 saturated carbocycles. The lowest BCUT2D eigenvalue weighted by Gasteiger charge is -2.28. The monoisotopic (exact) mass is 256 g/mol. The van der Waals surface area contributed by atoms with Crippen molar-refractivity contribution in [2.45, 2.75) is 31.0 Å². The molecule has 0 bridgehead atoms. The molecule has 4 atom stereocenters. The van der Waals surface area contributed by atoms with Crippen LogP contribution in [-0.4, -0.2) is 57.3 Å². The third-order valence-electron chi connectivity index (χ3n) is 3.05. The van der Waals surface area contributed by atoms with Crippen LogP contribution in [0.25, 0.3) is 0 Å². The van der Waals surface area contributed by atoms with E-state index in [1.54, 1.807) is 12.3 Å². The van der Waals surface area contributed by atoms with Gasteiger partial charge in [0.15, 0.2) is 6.23 Å². The highest BCUT2D eigenvalue weighted by atomic mass is 16.6. The Morgan fingerprint density at radius 3 is 2.78 bits per heavy atom. The van der Waals surface area contributed by atoms with Crippen LogP contribution in [0.3, 0.4) is 0 Å². The Morgan fingerprint density at radius 1 is 1.50 bits per heavy atom.